The Kier molecular flexibility index (Phi) is 3.39. The van der Waals surface area contributed by atoms with E-state index < -0.39 is 0 Å². The number of nitrogens with zero attached hydrogens (tertiary/aromatic N) is 2. The van der Waals surface area contributed by atoms with Crippen LogP contribution >= 0.6 is 0 Å². The van der Waals surface area contributed by atoms with Crippen LogP contribution in [0.1, 0.15) is 0 Å². The van der Waals surface area contributed by atoms with Crippen LogP contribution in [0.3, 0.4) is 0 Å². The van der Waals surface area contributed by atoms with Gasteiger partial charge in [-0.3, -0.25) is 4.68 Å². The van der Waals surface area contributed by atoms with Gasteiger partial charge in [-0.1, -0.05) is 0 Å². The number of anilines is 2. The molecule has 0 aliphatic carbocycles. The summed E-state index contributed by atoms with van der Waals surface area (Å²) in [5.41, 5.74) is 3.02. The molecule has 0 bridgehead atoms. The first-order chi connectivity index (χ1) is 10.2. The lowest BCUT2D eigenvalue weighted by atomic mass is 10.2. The number of rotatable bonds is 4. The van der Waals surface area contributed by atoms with Crippen LogP contribution in [0.5, 0.6) is 11.5 Å². The van der Waals surface area contributed by atoms with E-state index in [1.807, 2.05) is 48.3 Å². The highest BCUT2D eigenvalue weighted by Gasteiger charge is 2.06. The Balaban J connectivity index is 1.92. The largest absolute Gasteiger partial charge is 0.493 e. The quantitative estimate of drug-likeness (QED) is 0.798. The SMILES string of the molecule is COc1ccc(Nc2ccc3cnn(C)c3c2)cc1OC. The zero-order valence-corrected chi connectivity index (χ0v) is 12.3. The zero-order chi connectivity index (χ0) is 14.8. The van der Waals surface area contributed by atoms with E-state index in [0.29, 0.717) is 11.5 Å². The van der Waals surface area contributed by atoms with Crippen molar-refractivity contribution in [3.63, 3.8) is 0 Å². The first-order valence-corrected chi connectivity index (χ1v) is 6.62. The number of nitrogens with one attached hydrogen (secondary N) is 1. The summed E-state index contributed by atoms with van der Waals surface area (Å²) < 4.78 is 12.4. The second-order valence-electron chi connectivity index (χ2n) is 4.74. The topological polar surface area (TPSA) is 48.3 Å². The molecule has 0 amide bonds. The Morgan fingerprint density at radius 2 is 1.67 bits per heavy atom. The maximum absolute atomic E-state index is 5.31. The number of methoxy groups -OCH3 is 2. The van der Waals surface area contributed by atoms with Crippen molar-refractivity contribution in [3.8, 4) is 11.5 Å². The Bertz CT molecular complexity index is 780. The van der Waals surface area contributed by atoms with Crippen LogP contribution in [-0.4, -0.2) is 24.0 Å². The number of fused-ring (bicyclic) bond motifs is 1. The fourth-order valence-electron chi connectivity index (χ4n) is 2.30. The molecule has 5 nitrogen and oxygen atoms in total. The van der Waals surface area contributed by atoms with Crippen molar-refractivity contribution in [2.45, 2.75) is 0 Å². The van der Waals surface area contributed by atoms with Gasteiger partial charge < -0.3 is 14.8 Å². The molecule has 3 aromatic rings. The molecule has 108 valence electrons. The van der Waals surface area contributed by atoms with Crippen LogP contribution in [0.2, 0.25) is 0 Å². The van der Waals surface area contributed by atoms with Gasteiger partial charge in [0.05, 0.1) is 25.9 Å². The second-order valence-corrected chi connectivity index (χ2v) is 4.74. The number of aromatic nitrogens is 2. The minimum atomic E-state index is 0.698. The lowest BCUT2D eigenvalue weighted by Gasteiger charge is -2.11. The molecule has 1 heterocycles. The minimum Gasteiger partial charge on any atom is -0.493 e. The number of hydrogen-bond acceptors (Lipinski definition) is 4. The maximum atomic E-state index is 5.31. The van der Waals surface area contributed by atoms with E-state index in [2.05, 4.69) is 16.5 Å². The van der Waals surface area contributed by atoms with E-state index in [-0.39, 0.29) is 0 Å². The van der Waals surface area contributed by atoms with Gasteiger partial charge in [-0.25, -0.2) is 0 Å². The monoisotopic (exact) mass is 283 g/mol. The highest BCUT2D eigenvalue weighted by molar-refractivity contribution is 5.83. The van der Waals surface area contributed by atoms with Gasteiger partial charge in [0.25, 0.3) is 0 Å². The fourth-order valence-corrected chi connectivity index (χ4v) is 2.30. The third-order valence-corrected chi connectivity index (χ3v) is 3.42. The molecule has 0 aliphatic heterocycles. The highest BCUT2D eigenvalue weighted by Crippen LogP contribution is 2.31. The summed E-state index contributed by atoms with van der Waals surface area (Å²) >= 11 is 0. The van der Waals surface area contributed by atoms with Gasteiger partial charge >= 0.3 is 0 Å². The minimum absolute atomic E-state index is 0.698. The van der Waals surface area contributed by atoms with Crippen molar-refractivity contribution in [1.29, 1.82) is 0 Å². The van der Waals surface area contributed by atoms with Crippen molar-refractivity contribution in [1.82, 2.24) is 9.78 Å². The molecule has 1 N–H and O–H groups in total. The second kappa shape index (κ2) is 5.36. The van der Waals surface area contributed by atoms with E-state index in [0.717, 1.165) is 22.3 Å². The molecule has 0 saturated carbocycles. The molecule has 21 heavy (non-hydrogen) atoms. The molecule has 0 fully saturated rings. The molecule has 0 saturated heterocycles. The molecular weight excluding hydrogens is 266 g/mol. The van der Waals surface area contributed by atoms with Crippen molar-refractivity contribution in [2.24, 2.45) is 7.05 Å². The van der Waals surface area contributed by atoms with Gasteiger partial charge in [0, 0.05) is 29.9 Å². The Labute approximate surface area is 123 Å². The van der Waals surface area contributed by atoms with Gasteiger partial charge in [-0.2, -0.15) is 5.10 Å². The number of ether oxygens (including phenoxy) is 2. The molecule has 0 aliphatic rings. The summed E-state index contributed by atoms with van der Waals surface area (Å²) in [6.07, 6.45) is 1.86. The Hall–Kier alpha value is -2.69. The van der Waals surface area contributed by atoms with E-state index in [1.54, 1.807) is 14.2 Å². The van der Waals surface area contributed by atoms with E-state index in [4.69, 9.17) is 9.47 Å². The van der Waals surface area contributed by atoms with Crippen LogP contribution in [-0.2, 0) is 7.05 Å². The molecule has 0 radical (unpaired) electrons. The van der Waals surface area contributed by atoms with Crippen molar-refractivity contribution in [2.75, 3.05) is 19.5 Å². The standard InChI is InChI=1S/C16H17N3O2/c1-19-14-8-12(5-4-11(14)10-17-19)18-13-6-7-15(20-2)16(9-13)21-3/h4-10,18H,1-3H3. The van der Waals surface area contributed by atoms with Gasteiger partial charge in [0.2, 0.25) is 0 Å². The summed E-state index contributed by atoms with van der Waals surface area (Å²) in [6, 6.07) is 11.9. The summed E-state index contributed by atoms with van der Waals surface area (Å²) in [5, 5.41) is 8.73. The number of benzene rings is 2. The molecule has 5 heteroatoms. The van der Waals surface area contributed by atoms with E-state index >= 15 is 0 Å². The van der Waals surface area contributed by atoms with Gasteiger partial charge in [-0.05, 0) is 30.3 Å². The third kappa shape index (κ3) is 2.50. The normalized spacial score (nSPS) is 10.6. The molecule has 2 aromatic carbocycles. The van der Waals surface area contributed by atoms with Crippen LogP contribution in [0.25, 0.3) is 10.9 Å². The van der Waals surface area contributed by atoms with Crippen molar-refractivity contribution >= 4 is 22.3 Å². The van der Waals surface area contributed by atoms with Crippen LogP contribution < -0.4 is 14.8 Å². The molecular formula is C16H17N3O2. The maximum Gasteiger partial charge on any atom is 0.162 e. The van der Waals surface area contributed by atoms with Crippen molar-refractivity contribution < 1.29 is 9.47 Å². The van der Waals surface area contributed by atoms with Gasteiger partial charge in [0.1, 0.15) is 0 Å². The Morgan fingerprint density at radius 1 is 0.952 bits per heavy atom. The fraction of sp³-hybridized carbons (Fsp3) is 0.188. The van der Waals surface area contributed by atoms with Gasteiger partial charge in [0.15, 0.2) is 11.5 Å². The zero-order valence-electron chi connectivity index (χ0n) is 12.3. The summed E-state index contributed by atoms with van der Waals surface area (Å²) in [4.78, 5) is 0. The third-order valence-electron chi connectivity index (χ3n) is 3.42. The van der Waals surface area contributed by atoms with Crippen molar-refractivity contribution in [3.05, 3.63) is 42.6 Å². The smallest absolute Gasteiger partial charge is 0.162 e. The predicted molar refractivity (Wildman–Crippen MR) is 83.5 cm³/mol. The molecule has 3 rings (SSSR count). The summed E-state index contributed by atoms with van der Waals surface area (Å²) in [5.74, 6) is 1.41. The first kappa shape index (κ1) is 13.3. The van der Waals surface area contributed by atoms with Gasteiger partial charge in [-0.15, -0.1) is 0 Å². The van der Waals surface area contributed by atoms with E-state index in [9.17, 15) is 0 Å². The molecule has 0 unspecified atom stereocenters. The number of aryl methyl sites for hydroxylation is 1. The number of hydrogen-bond donors (Lipinski definition) is 1. The lowest BCUT2D eigenvalue weighted by molar-refractivity contribution is 0.355. The molecule has 0 spiro atoms. The average Bonchev–Trinajstić information content (AvgIpc) is 2.88. The van der Waals surface area contributed by atoms with Crippen LogP contribution in [0, 0.1) is 0 Å². The predicted octanol–water partition coefficient (Wildman–Crippen LogP) is 3.33. The lowest BCUT2D eigenvalue weighted by Crippen LogP contribution is -1.95. The van der Waals surface area contributed by atoms with E-state index in [1.165, 1.54) is 0 Å². The molecule has 0 atom stereocenters. The van der Waals surface area contributed by atoms with Crippen LogP contribution in [0.15, 0.2) is 42.6 Å². The molecule has 1 aromatic heterocycles. The summed E-state index contributed by atoms with van der Waals surface area (Å²) in [6.45, 7) is 0. The van der Waals surface area contributed by atoms with Crippen LogP contribution in [0.4, 0.5) is 11.4 Å². The first-order valence-electron chi connectivity index (χ1n) is 6.62. The summed E-state index contributed by atoms with van der Waals surface area (Å²) in [7, 11) is 5.19. The highest BCUT2D eigenvalue weighted by atomic mass is 16.5. The Morgan fingerprint density at radius 3 is 2.43 bits per heavy atom. The average molecular weight is 283 g/mol.